The van der Waals surface area contributed by atoms with Crippen molar-refractivity contribution in [3.8, 4) is 0 Å². The minimum Gasteiger partial charge on any atom is -0.354 e. The zero-order chi connectivity index (χ0) is 17.6. The lowest BCUT2D eigenvalue weighted by molar-refractivity contribution is -0.135. The minimum atomic E-state index is -0.403. The van der Waals surface area contributed by atoms with Gasteiger partial charge in [0.15, 0.2) is 0 Å². The molecule has 1 aliphatic heterocycles. The minimum absolute atomic E-state index is 0.0520. The molecule has 25 heavy (non-hydrogen) atoms. The monoisotopic (exact) mass is 360 g/mol. The third-order valence-corrected chi connectivity index (χ3v) is 5.41. The zero-order valence-electron chi connectivity index (χ0n) is 14.5. The zero-order valence-corrected chi connectivity index (χ0v) is 15.3. The third-order valence-electron chi connectivity index (χ3n) is 4.48. The van der Waals surface area contributed by atoms with Crippen molar-refractivity contribution in [3.05, 3.63) is 40.6 Å². The molecule has 0 spiro atoms. The fourth-order valence-corrected chi connectivity index (χ4v) is 3.77. The molecule has 6 nitrogen and oxygen atoms in total. The number of rotatable bonds is 7. The molecule has 134 valence electrons. The molecule has 3 rings (SSSR count). The van der Waals surface area contributed by atoms with E-state index in [-0.39, 0.29) is 11.8 Å². The van der Waals surface area contributed by atoms with Crippen LogP contribution in [0.15, 0.2) is 30.0 Å². The van der Waals surface area contributed by atoms with Gasteiger partial charge in [-0.15, -0.1) is 11.3 Å². The van der Waals surface area contributed by atoms with Gasteiger partial charge in [0, 0.05) is 24.0 Å². The van der Waals surface area contributed by atoms with Crippen LogP contribution in [0.1, 0.15) is 42.8 Å². The summed E-state index contributed by atoms with van der Waals surface area (Å²) in [5.74, 6) is 0.0643. The predicted molar refractivity (Wildman–Crippen MR) is 97.2 cm³/mol. The topological polar surface area (TPSA) is 67.2 Å². The number of thiophene rings is 1. The lowest BCUT2D eigenvalue weighted by Gasteiger charge is -2.33. The van der Waals surface area contributed by atoms with E-state index in [1.54, 1.807) is 28.8 Å². The van der Waals surface area contributed by atoms with Gasteiger partial charge in [-0.25, -0.2) is 4.98 Å². The van der Waals surface area contributed by atoms with Gasteiger partial charge in [-0.1, -0.05) is 19.4 Å². The fraction of sp³-hybridized carbons (Fsp3) is 0.500. The summed E-state index contributed by atoms with van der Waals surface area (Å²) in [5.41, 5.74) is 0.912. The molecule has 7 heteroatoms. The summed E-state index contributed by atoms with van der Waals surface area (Å²) in [4.78, 5) is 32.3. The van der Waals surface area contributed by atoms with Crippen LogP contribution in [0.5, 0.6) is 0 Å². The van der Waals surface area contributed by atoms with Gasteiger partial charge in [0.2, 0.25) is 11.8 Å². The van der Waals surface area contributed by atoms with E-state index >= 15 is 0 Å². The van der Waals surface area contributed by atoms with Crippen LogP contribution in [0.25, 0.3) is 0 Å². The van der Waals surface area contributed by atoms with E-state index in [4.69, 9.17) is 0 Å². The number of carbonyl (C=O) groups excluding carboxylic acids is 2. The Bertz CT molecular complexity index is 710. The number of unbranched alkanes of at least 4 members (excludes halogenated alkanes) is 1. The second-order valence-electron chi connectivity index (χ2n) is 6.31. The number of carbonyl (C=O) groups is 2. The molecule has 3 heterocycles. The first-order valence-corrected chi connectivity index (χ1v) is 9.65. The summed E-state index contributed by atoms with van der Waals surface area (Å²) >= 11 is 1.69. The van der Waals surface area contributed by atoms with Crippen LogP contribution in [0.4, 0.5) is 0 Å². The number of aromatic nitrogens is 2. The maximum Gasteiger partial charge on any atom is 0.244 e. The lowest BCUT2D eigenvalue weighted by Crippen LogP contribution is -2.46. The third kappa shape index (κ3) is 4.28. The van der Waals surface area contributed by atoms with Crippen molar-refractivity contribution in [1.82, 2.24) is 19.8 Å². The quantitative estimate of drug-likeness (QED) is 0.824. The predicted octanol–water partition coefficient (Wildman–Crippen LogP) is 2.38. The standard InChI is InChI=1S/C18H24N4O2S/c1-2-3-6-17(23)21-11-14-10-19-13-22(14)16(12-21)18(24)20-8-7-15-5-4-9-25-15/h4-5,9-10,13,16H,2-3,6-8,11-12H2,1H3,(H,20,24). The normalized spacial score (nSPS) is 16.5. The van der Waals surface area contributed by atoms with Crippen LogP contribution in [0.2, 0.25) is 0 Å². The molecule has 2 amide bonds. The van der Waals surface area contributed by atoms with E-state index in [0.717, 1.165) is 25.0 Å². The molecule has 0 saturated carbocycles. The van der Waals surface area contributed by atoms with E-state index < -0.39 is 6.04 Å². The summed E-state index contributed by atoms with van der Waals surface area (Å²) < 4.78 is 1.89. The smallest absolute Gasteiger partial charge is 0.244 e. The van der Waals surface area contributed by atoms with Crippen LogP contribution < -0.4 is 5.32 Å². The number of nitrogens with one attached hydrogen (secondary N) is 1. The van der Waals surface area contributed by atoms with Gasteiger partial charge in [-0.2, -0.15) is 0 Å². The average molecular weight is 360 g/mol. The number of amides is 2. The molecule has 0 aliphatic carbocycles. The fourth-order valence-electron chi connectivity index (χ4n) is 3.06. The molecule has 2 aromatic heterocycles. The van der Waals surface area contributed by atoms with E-state index in [1.165, 1.54) is 4.88 Å². The van der Waals surface area contributed by atoms with Crippen LogP contribution in [-0.4, -0.2) is 39.4 Å². The van der Waals surface area contributed by atoms with Crippen molar-refractivity contribution in [2.45, 2.75) is 45.2 Å². The maximum atomic E-state index is 12.7. The van der Waals surface area contributed by atoms with Gasteiger partial charge in [-0.05, 0) is 24.3 Å². The Hall–Kier alpha value is -2.15. The van der Waals surface area contributed by atoms with Gasteiger partial charge in [0.25, 0.3) is 0 Å². The molecular weight excluding hydrogens is 336 g/mol. The van der Waals surface area contributed by atoms with Crippen molar-refractivity contribution < 1.29 is 9.59 Å². The van der Waals surface area contributed by atoms with Crippen molar-refractivity contribution in [2.75, 3.05) is 13.1 Å². The molecule has 0 radical (unpaired) electrons. The number of hydrogen-bond donors (Lipinski definition) is 1. The van der Waals surface area contributed by atoms with Crippen molar-refractivity contribution in [3.63, 3.8) is 0 Å². The Morgan fingerprint density at radius 1 is 1.44 bits per heavy atom. The first-order valence-electron chi connectivity index (χ1n) is 8.77. The SMILES string of the molecule is CCCCC(=O)N1Cc2cncn2C(C(=O)NCCc2cccs2)C1. The van der Waals surface area contributed by atoms with Crippen molar-refractivity contribution in [2.24, 2.45) is 0 Å². The molecule has 2 aromatic rings. The highest BCUT2D eigenvalue weighted by molar-refractivity contribution is 7.09. The summed E-state index contributed by atoms with van der Waals surface area (Å²) in [6, 6.07) is 3.68. The molecule has 1 N–H and O–H groups in total. The number of fused-ring (bicyclic) bond motifs is 1. The second kappa shape index (κ2) is 8.29. The molecular formula is C18H24N4O2S. The molecule has 1 atom stereocenters. The van der Waals surface area contributed by atoms with Crippen molar-refractivity contribution >= 4 is 23.2 Å². The van der Waals surface area contributed by atoms with Gasteiger partial charge < -0.3 is 14.8 Å². The summed E-state index contributed by atoms with van der Waals surface area (Å²) in [5, 5.41) is 5.04. The van der Waals surface area contributed by atoms with Gasteiger partial charge in [0.05, 0.1) is 25.1 Å². The Balaban J connectivity index is 1.62. The lowest BCUT2D eigenvalue weighted by atomic mass is 10.1. The Kier molecular flexibility index (Phi) is 5.86. The van der Waals surface area contributed by atoms with Gasteiger partial charge >= 0.3 is 0 Å². The number of nitrogens with zero attached hydrogens (tertiary/aromatic N) is 3. The van der Waals surface area contributed by atoms with Crippen LogP contribution in [0, 0.1) is 0 Å². The highest BCUT2D eigenvalue weighted by atomic mass is 32.1. The number of imidazole rings is 1. The Morgan fingerprint density at radius 2 is 2.32 bits per heavy atom. The summed E-state index contributed by atoms with van der Waals surface area (Å²) in [6.07, 6.45) is 6.66. The molecule has 0 bridgehead atoms. The van der Waals surface area contributed by atoms with Gasteiger partial charge in [-0.3, -0.25) is 9.59 Å². The van der Waals surface area contributed by atoms with Gasteiger partial charge in [0.1, 0.15) is 6.04 Å². The Morgan fingerprint density at radius 3 is 3.08 bits per heavy atom. The Labute approximate surface area is 151 Å². The van der Waals surface area contributed by atoms with E-state index in [2.05, 4.69) is 23.3 Å². The van der Waals surface area contributed by atoms with E-state index in [1.807, 2.05) is 16.0 Å². The molecule has 0 saturated heterocycles. The molecule has 0 fully saturated rings. The van der Waals surface area contributed by atoms with E-state index in [0.29, 0.717) is 26.1 Å². The second-order valence-corrected chi connectivity index (χ2v) is 7.34. The summed E-state index contributed by atoms with van der Waals surface area (Å²) in [7, 11) is 0. The number of hydrogen-bond acceptors (Lipinski definition) is 4. The highest BCUT2D eigenvalue weighted by Gasteiger charge is 2.31. The largest absolute Gasteiger partial charge is 0.354 e. The molecule has 1 aliphatic rings. The summed E-state index contributed by atoms with van der Waals surface area (Å²) in [6.45, 7) is 3.62. The van der Waals surface area contributed by atoms with Crippen LogP contribution in [-0.2, 0) is 22.6 Å². The van der Waals surface area contributed by atoms with Crippen molar-refractivity contribution in [1.29, 1.82) is 0 Å². The molecule has 0 aromatic carbocycles. The molecule has 1 unspecified atom stereocenters. The van der Waals surface area contributed by atoms with Crippen LogP contribution in [0.3, 0.4) is 0 Å². The van der Waals surface area contributed by atoms with E-state index in [9.17, 15) is 9.59 Å². The first-order chi connectivity index (χ1) is 12.2. The maximum absolute atomic E-state index is 12.7. The average Bonchev–Trinajstić information content (AvgIpc) is 3.29. The first kappa shape index (κ1) is 17.7. The van der Waals surface area contributed by atoms with Crippen LogP contribution >= 0.6 is 11.3 Å². The highest BCUT2D eigenvalue weighted by Crippen LogP contribution is 2.22.